The smallest absolute Gasteiger partial charge is 0.342 e. The van der Waals surface area contributed by atoms with E-state index in [1.54, 1.807) is 19.9 Å². The van der Waals surface area contributed by atoms with Crippen LogP contribution in [0.3, 0.4) is 0 Å². The average molecular weight is 447 g/mol. The second kappa shape index (κ2) is 12.1. The monoisotopic (exact) mass is 447 g/mol. The molecule has 32 heavy (non-hydrogen) atoms. The van der Waals surface area contributed by atoms with Gasteiger partial charge in [0.05, 0.1) is 12.2 Å². The molecule has 1 unspecified atom stereocenters. The number of hydrogen-bond acceptors (Lipinski definition) is 4. The lowest BCUT2D eigenvalue weighted by atomic mass is 10.0. The normalized spacial score (nSPS) is 11.8. The molecule has 2 aromatic rings. The van der Waals surface area contributed by atoms with Gasteiger partial charge >= 0.3 is 5.97 Å². The first-order valence-corrected chi connectivity index (χ1v) is 10.8. The maximum absolute atomic E-state index is 14.7. The Bertz CT molecular complexity index is 970. The summed E-state index contributed by atoms with van der Waals surface area (Å²) in [4.78, 5) is 12.2. The zero-order valence-electron chi connectivity index (χ0n) is 18.6. The summed E-state index contributed by atoms with van der Waals surface area (Å²) >= 11 is 0. The summed E-state index contributed by atoms with van der Waals surface area (Å²) in [5.74, 6) is -4.81. The van der Waals surface area contributed by atoms with Crippen LogP contribution in [-0.4, -0.2) is 18.7 Å². The number of halogens is 3. The highest BCUT2D eigenvalue weighted by atomic mass is 19.2. The molecule has 2 rings (SSSR count). The Morgan fingerprint density at radius 3 is 2.38 bits per heavy atom. The van der Waals surface area contributed by atoms with Gasteiger partial charge in [0.15, 0.2) is 29.3 Å². The van der Waals surface area contributed by atoms with Crippen molar-refractivity contribution in [3.8, 4) is 22.9 Å². The third kappa shape index (κ3) is 6.49. The van der Waals surface area contributed by atoms with E-state index in [9.17, 15) is 18.0 Å². The third-order valence-electron chi connectivity index (χ3n) is 5.02. The fourth-order valence-electron chi connectivity index (χ4n) is 3.09. The van der Waals surface area contributed by atoms with Crippen LogP contribution in [0.4, 0.5) is 13.2 Å². The van der Waals surface area contributed by atoms with E-state index in [4.69, 9.17) is 14.7 Å². The van der Waals surface area contributed by atoms with Crippen LogP contribution < -0.4 is 4.74 Å². The van der Waals surface area contributed by atoms with Crippen LogP contribution in [0.2, 0.25) is 0 Å². The maximum atomic E-state index is 14.7. The molecule has 0 heterocycles. The number of carbonyl (C=O) groups is 1. The van der Waals surface area contributed by atoms with Crippen LogP contribution in [0.1, 0.15) is 63.2 Å². The quantitative estimate of drug-likeness (QED) is 0.280. The molecule has 0 aromatic heterocycles. The number of esters is 1. The minimum absolute atomic E-state index is 0.0431. The number of ether oxygens (including phenoxy) is 2. The zero-order valence-corrected chi connectivity index (χ0v) is 18.6. The Kier molecular flexibility index (Phi) is 9.58. The van der Waals surface area contributed by atoms with Crippen LogP contribution in [-0.2, 0) is 4.74 Å². The molecule has 0 spiro atoms. The summed E-state index contributed by atoms with van der Waals surface area (Å²) in [6.07, 6.45) is 4.11. The molecule has 0 aliphatic heterocycles. The summed E-state index contributed by atoms with van der Waals surface area (Å²) < 4.78 is 54.0. The van der Waals surface area contributed by atoms with Crippen molar-refractivity contribution < 1.29 is 27.4 Å². The summed E-state index contributed by atoms with van der Waals surface area (Å²) in [6.45, 7) is 5.82. The SMILES string of the molecule is CCCCCCCOc1ccc(-c2ccc(C(=O)OC(C#N)C(C)C)c(F)c2F)cc1F. The Balaban J connectivity index is 2.13. The van der Waals surface area contributed by atoms with Crippen LogP contribution >= 0.6 is 0 Å². The summed E-state index contributed by atoms with van der Waals surface area (Å²) in [6, 6.07) is 7.89. The molecule has 2 aromatic carbocycles. The zero-order chi connectivity index (χ0) is 23.7. The number of carbonyl (C=O) groups excluding carboxylic acids is 1. The second-order valence-corrected chi connectivity index (χ2v) is 7.90. The molecule has 0 aliphatic carbocycles. The number of rotatable bonds is 11. The second-order valence-electron chi connectivity index (χ2n) is 7.90. The molecule has 0 bridgehead atoms. The molecular formula is C25H28F3NO3. The molecule has 0 amide bonds. The molecular weight excluding hydrogens is 419 g/mol. The number of nitriles is 1. The first-order chi connectivity index (χ1) is 15.3. The molecule has 0 radical (unpaired) electrons. The highest BCUT2D eigenvalue weighted by Crippen LogP contribution is 2.30. The lowest BCUT2D eigenvalue weighted by molar-refractivity contribution is 0.0319. The fourth-order valence-corrected chi connectivity index (χ4v) is 3.09. The number of unbranched alkanes of at least 4 members (excludes halogenated alkanes) is 4. The summed E-state index contributed by atoms with van der Waals surface area (Å²) in [7, 11) is 0. The Morgan fingerprint density at radius 2 is 1.75 bits per heavy atom. The van der Waals surface area contributed by atoms with Crippen LogP contribution in [0.15, 0.2) is 30.3 Å². The van der Waals surface area contributed by atoms with E-state index in [0.29, 0.717) is 6.61 Å². The largest absolute Gasteiger partial charge is 0.491 e. The average Bonchev–Trinajstić information content (AvgIpc) is 2.76. The van der Waals surface area contributed by atoms with Crippen LogP contribution in [0.5, 0.6) is 5.75 Å². The van der Waals surface area contributed by atoms with Crippen molar-refractivity contribution in [2.24, 2.45) is 5.92 Å². The van der Waals surface area contributed by atoms with Crippen molar-refractivity contribution in [2.75, 3.05) is 6.61 Å². The van der Waals surface area contributed by atoms with Gasteiger partial charge in [0.2, 0.25) is 0 Å². The molecule has 0 saturated heterocycles. The fraction of sp³-hybridized carbons (Fsp3) is 0.440. The molecule has 1 atom stereocenters. The highest BCUT2D eigenvalue weighted by Gasteiger charge is 2.24. The van der Waals surface area contributed by atoms with Gasteiger partial charge in [-0.15, -0.1) is 0 Å². The summed E-state index contributed by atoms with van der Waals surface area (Å²) in [5.41, 5.74) is -0.730. The topological polar surface area (TPSA) is 59.3 Å². The van der Waals surface area contributed by atoms with E-state index in [1.165, 1.54) is 18.2 Å². The Hall–Kier alpha value is -3.01. The molecule has 0 fully saturated rings. The van der Waals surface area contributed by atoms with Crippen LogP contribution in [0.25, 0.3) is 11.1 Å². The lowest BCUT2D eigenvalue weighted by Crippen LogP contribution is -2.22. The molecule has 0 N–H and O–H groups in total. The Morgan fingerprint density at radius 1 is 1.03 bits per heavy atom. The predicted molar refractivity (Wildman–Crippen MR) is 116 cm³/mol. The van der Waals surface area contributed by atoms with Gasteiger partial charge in [-0.05, 0) is 30.2 Å². The molecule has 0 saturated carbocycles. The van der Waals surface area contributed by atoms with Gasteiger partial charge in [-0.25, -0.2) is 18.0 Å². The van der Waals surface area contributed by atoms with Gasteiger partial charge < -0.3 is 9.47 Å². The van der Waals surface area contributed by atoms with E-state index in [0.717, 1.165) is 44.2 Å². The van der Waals surface area contributed by atoms with Gasteiger partial charge in [-0.1, -0.05) is 58.6 Å². The summed E-state index contributed by atoms with van der Waals surface area (Å²) in [5, 5.41) is 9.02. The van der Waals surface area contributed by atoms with Gasteiger partial charge in [-0.3, -0.25) is 0 Å². The van der Waals surface area contributed by atoms with Crippen molar-refractivity contribution in [3.63, 3.8) is 0 Å². The van der Waals surface area contributed by atoms with E-state index in [-0.39, 0.29) is 22.8 Å². The number of benzene rings is 2. The van der Waals surface area contributed by atoms with Crippen LogP contribution in [0, 0.1) is 34.7 Å². The molecule has 4 nitrogen and oxygen atoms in total. The van der Waals surface area contributed by atoms with Crippen molar-refractivity contribution in [1.82, 2.24) is 0 Å². The van der Waals surface area contributed by atoms with Gasteiger partial charge in [0.1, 0.15) is 6.07 Å². The van der Waals surface area contributed by atoms with Gasteiger partial charge in [0.25, 0.3) is 0 Å². The number of nitrogens with zero attached hydrogens (tertiary/aromatic N) is 1. The van der Waals surface area contributed by atoms with Crippen molar-refractivity contribution >= 4 is 5.97 Å². The maximum Gasteiger partial charge on any atom is 0.342 e. The molecule has 172 valence electrons. The standard InChI is InChI=1S/C25H28F3NO3/c1-4-5-6-7-8-13-31-21-12-9-17(14-20(21)26)18-10-11-19(24(28)23(18)27)25(30)32-22(15-29)16(2)3/h9-12,14,16,22H,4-8,13H2,1-3H3. The molecule has 7 heteroatoms. The van der Waals surface area contributed by atoms with Crippen molar-refractivity contribution in [3.05, 3.63) is 53.3 Å². The lowest BCUT2D eigenvalue weighted by Gasteiger charge is -2.15. The van der Waals surface area contributed by atoms with Gasteiger partial charge in [0, 0.05) is 11.5 Å². The Labute approximate surface area is 187 Å². The van der Waals surface area contributed by atoms with E-state index in [1.807, 2.05) is 0 Å². The minimum Gasteiger partial charge on any atom is -0.491 e. The highest BCUT2D eigenvalue weighted by molar-refractivity contribution is 5.90. The predicted octanol–water partition coefficient (Wildman–Crippen LogP) is 6.83. The van der Waals surface area contributed by atoms with E-state index < -0.39 is 35.1 Å². The van der Waals surface area contributed by atoms with E-state index in [2.05, 4.69) is 6.92 Å². The minimum atomic E-state index is -1.42. The van der Waals surface area contributed by atoms with Crippen molar-refractivity contribution in [2.45, 2.75) is 59.0 Å². The first kappa shape index (κ1) is 25.3. The third-order valence-corrected chi connectivity index (χ3v) is 5.02. The van der Waals surface area contributed by atoms with E-state index >= 15 is 0 Å². The molecule has 0 aliphatic rings. The first-order valence-electron chi connectivity index (χ1n) is 10.8. The van der Waals surface area contributed by atoms with Crippen molar-refractivity contribution in [1.29, 1.82) is 5.26 Å². The van der Waals surface area contributed by atoms with Gasteiger partial charge in [-0.2, -0.15) is 5.26 Å². The number of hydrogen-bond donors (Lipinski definition) is 0.